The number of hydrogen-bond donors (Lipinski definition) is 0. The van der Waals surface area contributed by atoms with Crippen LogP contribution in [-0.4, -0.2) is 36.4 Å². The first-order valence-corrected chi connectivity index (χ1v) is 5.02. The van der Waals surface area contributed by atoms with Gasteiger partial charge in [-0.1, -0.05) is 11.6 Å². The van der Waals surface area contributed by atoms with Gasteiger partial charge < -0.3 is 4.57 Å². The van der Waals surface area contributed by atoms with Crippen LogP contribution in [0.25, 0.3) is 0 Å². The summed E-state index contributed by atoms with van der Waals surface area (Å²) in [6, 6.07) is 1.85. The normalized spacial score (nSPS) is 10.1. The molecule has 0 fully saturated rings. The molecule has 1 heterocycles. The molecule has 0 spiro atoms. The molecular formula is C10H11ClN4O2. The SMILES string of the molecule is CN(C)N(C=O)c1c(Cl)c(C#N)c(C=O)n1C. The summed E-state index contributed by atoms with van der Waals surface area (Å²) in [6.07, 6.45) is 1.09. The maximum absolute atomic E-state index is 11.0. The highest BCUT2D eigenvalue weighted by molar-refractivity contribution is 6.35. The van der Waals surface area contributed by atoms with Crippen molar-refractivity contribution in [1.29, 1.82) is 5.26 Å². The second-order valence-electron chi connectivity index (χ2n) is 3.48. The molecule has 1 rings (SSSR count). The maximum atomic E-state index is 11.0. The lowest BCUT2D eigenvalue weighted by atomic mass is 10.3. The van der Waals surface area contributed by atoms with Crippen molar-refractivity contribution in [2.75, 3.05) is 19.1 Å². The van der Waals surface area contributed by atoms with Crippen molar-refractivity contribution >= 4 is 30.1 Å². The summed E-state index contributed by atoms with van der Waals surface area (Å²) in [5, 5.41) is 11.7. The van der Waals surface area contributed by atoms with Crippen LogP contribution < -0.4 is 5.01 Å². The van der Waals surface area contributed by atoms with Gasteiger partial charge in [0.25, 0.3) is 0 Å². The lowest BCUT2D eigenvalue weighted by Gasteiger charge is -2.25. The third kappa shape index (κ3) is 2.02. The number of hydrogen-bond acceptors (Lipinski definition) is 4. The van der Waals surface area contributed by atoms with E-state index in [1.165, 1.54) is 14.6 Å². The monoisotopic (exact) mass is 254 g/mol. The summed E-state index contributed by atoms with van der Waals surface area (Å²) >= 11 is 6.00. The number of anilines is 1. The van der Waals surface area contributed by atoms with Crippen molar-refractivity contribution in [3.63, 3.8) is 0 Å². The van der Waals surface area contributed by atoms with Crippen molar-refractivity contribution in [2.45, 2.75) is 0 Å². The van der Waals surface area contributed by atoms with E-state index in [1.807, 2.05) is 6.07 Å². The van der Waals surface area contributed by atoms with Gasteiger partial charge in [0, 0.05) is 21.1 Å². The maximum Gasteiger partial charge on any atom is 0.230 e. The molecule has 0 unspecified atom stereocenters. The molecule has 0 aliphatic rings. The Morgan fingerprint density at radius 3 is 2.29 bits per heavy atom. The number of nitriles is 1. The summed E-state index contributed by atoms with van der Waals surface area (Å²) in [6.45, 7) is 0. The minimum absolute atomic E-state index is 0.0628. The van der Waals surface area contributed by atoms with Crippen LogP contribution in [-0.2, 0) is 11.8 Å². The second-order valence-corrected chi connectivity index (χ2v) is 3.86. The van der Waals surface area contributed by atoms with Crippen LogP contribution in [0.4, 0.5) is 5.82 Å². The molecule has 1 amide bonds. The summed E-state index contributed by atoms with van der Waals surface area (Å²) in [7, 11) is 4.85. The smallest absolute Gasteiger partial charge is 0.230 e. The molecule has 0 saturated carbocycles. The van der Waals surface area contributed by atoms with Crippen LogP contribution in [0.2, 0.25) is 5.02 Å². The van der Waals surface area contributed by atoms with Gasteiger partial charge in [-0.2, -0.15) is 5.26 Å². The number of nitrogens with zero attached hydrogens (tertiary/aromatic N) is 4. The van der Waals surface area contributed by atoms with E-state index < -0.39 is 0 Å². The van der Waals surface area contributed by atoms with Gasteiger partial charge in [0.2, 0.25) is 6.41 Å². The number of amides is 1. The average Bonchev–Trinajstić information content (AvgIpc) is 2.52. The Kier molecular flexibility index (Phi) is 3.89. The molecule has 1 aromatic rings. The molecule has 6 nitrogen and oxygen atoms in total. The van der Waals surface area contributed by atoms with Crippen molar-refractivity contribution in [2.24, 2.45) is 7.05 Å². The van der Waals surface area contributed by atoms with Gasteiger partial charge in [0.1, 0.15) is 22.3 Å². The molecule has 7 heteroatoms. The zero-order chi connectivity index (χ0) is 13.2. The molecule has 1 aromatic heterocycles. The van der Waals surface area contributed by atoms with Crippen molar-refractivity contribution in [3.05, 3.63) is 16.3 Å². The van der Waals surface area contributed by atoms with Gasteiger partial charge in [-0.25, -0.2) is 10.0 Å². The first-order valence-electron chi connectivity index (χ1n) is 4.64. The van der Waals surface area contributed by atoms with Crippen LogP contribution in [0, 0.1) is 11.3 Å². The second kappa shape index (κ2) is 4.99. The summed E-state index contributed by atoms with van der Waals surface area (Å²) in [4.78, 5) is 21.9. The fraction of sp³-hybridized carbons (Fsp3) is 0.300. The zero-order valence-electron chi connectivity index (χ0n) is 9.64. The van der Waals surface area contributed by atoms with Gasteiger partial charge >= 0.3 is 0 Å². The zero-order valence-corrected chi connectivity index (χ0v) is 10.4. The third-order valence-electron chi connectivity index (χ3n) is 2.32. The number of aldehydes is 1. The molecule has 0 atom stereocenters. The predicted octanol–water partition coefficient (Wildman–Crippen LogP) is 0.802. The minimum Gasteiger partial charge on any atom is -0.325 e. The van der Waals surface area contributed by atoms with Crippen LogP contribution >= 0.6 is 11.6 Å². The molecule has 0 aromatic carbocycles. The number of hydrazine groups is 1. The average molecular weight is 255 g/mol. The fourth-order valence-corrected chi connectivity index (χ4v) is 1.84. The van der Waals surface area contributed by atoms with Crippen LogP contribution in [0.5, 0.6) is 0 Å². The van der Waals surface area contributed by atoms with Crippen molar-refractivity contribution in [3.8, 4) is 6.07 Å². The van der Waals surface area contributed by atoms with Gasteiger partial charge in [0.15, 0.2) is 12.1 Å². The highest BCUT2D eigenvalue weighted by atomic mass is 35.5. The molecular weight excluding hydrogens is 244 g/mol. The first kappa shape index (κ1) is 13.2. The topological polar surface area (TPSA) is 69.3 Å². The van der Waals surface area contributed by atoms with Crippen LogP contribution in [0.3, 0.4) is 0 Å². The van der Waals surface area contributed by atoms with E-state index in [-0.39, 0.29) is 22.1 Å². The lowest BCUT2D eigenvalue weighted by Crippen LogP contribution is -2.37. The highest BCUT2D eigenvalue weighted by Gasteiger charge is 2.24. The Morgan fingerprint density at radius 2 is 2.00 bits per heavy atom. The molecule has 0 bridgehead atoms. The van der Waals surface area contributed by atoms with Gasteiger partial charge in [-0.3, -0.25) is 9.59 Å². The summed E-state index contributed by atoms with van der Waals surface area (Å²) in [5.74, 6) is 0.283. The van der Waals surface area contributed by atoms with E-state index in [4.69, 9.17) is 16.9 Å². The minimum atomic E-state index is 0.0628. The quantitative estimate of drug-likeness (QED) is 0.589. The fourth-order valence-electron chi connectivity index (χ4n) is 1.49. The predicted molar refractivity (Wildman–Crippen MR) is 62.8 cm³/mol. The molecule has 0 aliphatic heterocycles. The third-order valence-corrected chi connectivity index (χ3v) is 2.68. The molecule has 0 radical (unpaired) electrons. The van der Waals surface area contributed by atoms with Crippen LogP contribution in [0.1, 0.15) is 16.1 Å². The Bertz CT molecular complexity index is 501. The van der Waals surface area contributed by atoms with E-state index in [9.17, 15) is 9.59 Å². The summed E-state index contributed by atoms with van der Waals surface area (Å²) in [5.41, 5.74) is 0.203. The Morgan fingerprint density at radius 1 is 1.41 bits per heavy atom. The van der Waals surface area contributed by atoms with E-state index in [0.29, 0.717) is 12.7 Å². The molecule has 90 valence electrons. The van der Waals surface area contributed by atoms with Gasteiger partial charge in [-0.05, 0) is 0 Å². The summed E-state index contributed by atoms with van der Waals surface area (Å²) < 4.78 is 1.41. The van der Waals surface area contributed by atoms with Gasteiger partial charge in [0.05, 0.1) is 0 Å². The number of carbonyl (C=O) groups is 2. The Balaban J connectivity index is 3.55. The molecule has 0 N–H and O–H groups in total. The van der Waals surface area contributed by atoms with Gasteiger partial charge in [-0.15, -0.1) is 0 Å². The number of halogens is 1. The Hall–Kier alpha value is -1.84. The van der Waals surface area contributed by atoms with E-state index in [0.717, 1.165) is 0 Å². The molecule has 0 aliphatic carbocycles. The largest absolute Gasteiger partial charge is 0.325 e. The van der Waals surface area contributed by atoms with E-state index >= 15 is 0 Å². The molecule has 0 saturated heterocycles. The molecule has 17 heavy (non-hydrogen) atoms. The standard InChI is InChI=1S/C10H11ClN4O2/c1-13(2)15(6-17)10-9(11)7(4-12)8(5-16)14(10)3/h5-6H,1-3H3. The number of rotatable bonds is 4. The van der Waals surface area contributed by atoms with Crippen LogP contribution in [0.15, 0.2) is 0 Å². The van der Waals surface area contributed by atoms with Crippen molar-refractivity contribution < 1.29 is 9.59 Å². The highest BCUT2D eigenvalue weighted by Crippen LogP contribution is 2.32. The lowest BCUT2D eigenvalue weighted by molar-refractivity contribution is -0.109. The number of aromatic nitrogens is 1. The first-order chi connectivity index (χ1) is 7.99. The van der Waals surface area contributed by atoms with E-state index in [2.05, 4.69) is 0 Å². The van der Waals surface area contributed by atoms with E-state index in [1.54, 1.807) is 21.1 Å². The number of carbonyl (C=O) groups excluding carboxylic acids is 2. The van der Waals surface area contributed by atoms with Crippen molar-refractivity contribution in [1.82, 2.24) is 9.58 Å². The Labute approximate surface area is 104 Å².